The lowest BCUT2D eigenvalue weighted by molar-refractivity contribution is 0.0980. The molecule has 5 heteroatoms. The smallest absolute Gasteiger partial charge is 0.258 e. The third kappa shape index (κ3) is 4.66. The molecule has 0 aromatic heterocycles. The number of nitrogens with zero attached hydrogens (tertiary/aromatic N) is 1. The summed E-state index contributed by atoms with van der Waals surface area (Å²) in [6.07, 6.45) is 0.951. The molecule has 0 N–H and O–H groups in total. The lowest BCUT2D eigenvalue weighted by atomic mass is 9.98. The van der Waals surface area contributed by atoms with Crippen molar-refractivity contribution in [3.63, 3.8) is 0 Å². The van der Waals surface area contributed by atoms with Gasteiger partial charge in [-0.3, -0.25) is 4.79 Å². The maximum absolute atomic E-state index is 13.1. The van der Waals surface area contributed by atoms with Gasteiger partial charge in [-0.2, -0.15) is 0 Å². The van der Waals surface area contributed by atoms with E-state index in [2.05, 4.69) is 39.9 Å². The van der Waals surface area contributed by atoms with Crippen LogP contribution in [0, 0.1) is 0 Å². The highest BCUT2D eigenvalue weighted by atomic mass is 28.4. The molecule has 156 valence electrons. The van der Waals surface area contributed by atoms with E-state index < -0.39 is 8.32 Å². The summed E-state index contributed by atoms with van der Waals surface area (Å²) in [4.78, 5) is 14.9. The van der Waals surface area contributed by atoms with Crippen molar-refractivity contribution in [2.45, 2.75) is 65.3 Å². The maximum Gasteiger partial charge on any atom is 0.258 e. The Hall–Kier alpha value is -2.27. The first-order chi connectivity index (χ1) is 13.5. The number of hydrogen-bond acceptors (Lipinski definition) is 3. The fourth-order valence-electron chi connectivity index (χ4n) is 3.20. The predicted molar refractivity (Wildman–Crippen MR) is 122 cm³/mol. The number of carbonyl (C=O) groups excluding carboxylic acids is 1. The molecular weight excluding hydrogens is 378 g/mol. The summed E-state index contributed by atoms with van der Waals surface area (Å²) in [6, 6.07) is 13.7. The van der Waals surface area contributed by atoms with Gasteiger partial charge in [-0.25, -0.2) is 0 Å². The molecule has 2 aromatic carbocycles. The average Bonchev–Trinajstić information content (AvgIpc) is 2.61. The quantitative estimate of drug-likeness (QED) is 0.561. The van der Waals surface area contributed by atoms with Crippen molar-refractivity contribution in [2.24, 2.45) is 0 Å². The molecular formula is C24H33NO3Si. The Morgan fingerprint density at radius 3 is 2.21 bits per heavy atom. The van der Waals surface area contributed by atoms with Gasteiger partial charge in [-0.1, -0.05) is 20.8 Å². The van der Waals surface area contributed by atoms with E-state index in [1.54, 1.807) is 0 Å². The van der Waals surface area contributed by atoms with Crippen LogP contribution in [-0.2, 0) is 6.42 Å². The van der Waals surface area contributed by atoms with Crippen LogP contribution >= 0.6 is 0 Å². The number of rotatable bonds is 5. The lowest BCUT2D eigenvalue weighted by Crippen LogP contribution is -2.44. The molecule has 3 rings (SSSR count). The van der Waals surface area contributed by atoms with E-state index in [-0.39, 0.29) is 17.0 Å². The summed E-state index contributed by atoms with van der Waals surface area (Å²) < 4.78 is 12.1. The van der Waals surface area contributed by atoms with Crippen molar-refractivity contribution in [3.05, 3.63) is 53.6 Å². The summed E-state index contributed by atoms with van der Waals surface area (Å²) >= 11 is 0. The Bertz CT molecular complexity index is 882. The zero-order valence-electron chi connectivity index (χ0n) is 18.7. The molecule has 0 radical (unpaired) electrons. The molecule has 1 aliphatic rings. The van der Waals surface area contributed by atoms with E-state index in [1.165, 1.54) is 0 Å². The molecule has 2 aromatic rings. The summed E-state index contributed by atoms with van der Waals surface area (Å²) in [7, 11) is -1.90. The summed E-state index contributed by atoms with van der Waals surface area (Å²) in [5.74, 6) is 1.75. The summed E-state index contributed by atoms with van der Waals surface area (Å²) in [5.41, 5.74) is 2.74. The van der Waals surface area contributed by atoms with Crippen LogP contribution in [0.15, 0.2) is 42.5 Å². The second-order valence-electron chi connectivity index (χ2n) is 9.55. The Kier molecular flexibility index (Phi) is 5.81. The molecule has 4 nitrogen and oxygen atoms in total. The van der Waals surface area contributed by atoms with Crippen molar-refractivity contribution in [1.29, 1.82) is 0 Å². The van der Waals surface area contributed by atoms with Crippen LogP contribution in [0.25, 0.3) is 0 Å². The van der Waals surface area contributed by atoms with Crippen molar-refractivity contribution in [1.82, 2.24) is 0 Å². The molecule has 0 unspecified atom stereocenters. The van der Waals surface area contributed by atoms with Crippen LogP contribution in [0.4, 0.5) is 5.69 Å². The van der Waals surface area contributed by atoms with Gasteiger partial charge >= 0.3 is 0 Å². The number of ether oxygens (including phenoxy) is 1. The highest BCUT2D eigenvalue weighted by Crippen LogP contribution is 2.38. The molecule has 0 saturated carbocycles. The van der Waals surface area contributed by atoms with Crippen molar-refractivity contribution in [2.75, 3.05) is 11.4 Å². The van der Waals surface area contributed by atoms with Crippen molar-refractivity contribution < 1.29 is 14.0 Å². The van der Waals surface area contributed by atoms with E-state index in [9.17, 15) is 4.79 Å². The van der Waals surface area contributed by atoms with Gasteiger partial charge in [0, 0.05) is 17.8 Å². The molecule has 0 spiro atoms. The third-order valence-electron chi connectivity index (χ3n) is 5.86. The minimum atomic E-state index is -1.90. The van der Waals surface area contributed by atoms with Crippen molar-refractivity contribution in [3.8, 4) is 11.5 Å². The zero-order chi connectivity index (χ0) is 21.4. The molecule has 29 heavy (non-hydrogen) atoms. The van der Waals surface area contributed by atoms with Crippen LogP contribution in [0.3, 0.4) is 0 Å². The van der Waals surface area contributed by atoms with Gasteiger partial charge in [0.15, 0.2) is 0 Å². The van der Waals surface area contributed by atoms with Gasteiger partial charge in [0.1, 0.15) is 11.5 Å². The van der Waals surface area contributed by atoms with Gasteiger partial charge in [0.05, 0.1) is 6.10 Å². The van der Waals surface area contributed by atoms with E-state index in [1.807, 2.05) is 55.1 Å². The SMILES string of the molecule is CC(C)Oc1ccc(N2CCc3cc(O[Si](C)(C)C(C)(C)C)ccc3C2=O)cc1. The lowest BCUT2D eigenvalue weighted by Gasteiger charge is -2.37. The van der Waals surface area contributed by atoms with Gasteiger partial charge in [-0.15, -0.1) is 0 Å². The van der Waals surface area contributed by atoms with Crippen LogP contribution in [0.1, 0.15) is 50.5 Å². The fourth-order valence-corrected chi connectivity index (χ4v) is 4.22. The Balaban J connectivity index is 1.78. The van der Waals surface area contributed by atoms with E-state index in [0.29, 0.717) is 6.54 Å². The highest BCUT2D eigenvalue weighted by Gasteiger charge is 2.39. The normalized spacial score (nSPS) is 14.8. The largest absolute Gasteiger partial charge is 0.543 e. The first-order valence-corrected chi connectivity index (χ1v) is 13.3. The molecule has 1 aliphatic heterocycles. The number of carbonyl (C=O) groups is 1. The van der Waals surface area contributed by atoms with E-state index in [4.69, 9.17) is 9.16 Å². The Morgan fingerprint density at radius 1 is 1.00 bits per heavy atom. The minimum absolute atomic E-state index is 0.0441. The number of fused-ring (bicyclic) bond motifs is 1. The fraction of sp³-hybridized carbons (Fsp3) is 0.458. The maximum atomic E-state index is 13.1. The number of benzene rings is 2. The van der Waals surface area contributed by atoms with Gasteiger partial charge in [0.25, 0.3) is 5.91 Å². The van der Waals surface area contributed by atoms with Crippen LogP contribution in [0.5, 0.6) is 11.5 Å². The molecule has 0 fully saturated rings. The molecule has 0 atom stereocenters. The highest BCUT2D eigenvalue weighted by molar-refractivity contribution is 6.74. The van der Waals surface area contributed by atoms with Crippen LogP contribution < -0.4 is 14.1 Å². The molecule has 0 saturated heterocycles. The van der Waals surface area contributed by atoms with Gasteiger partial charge in [-0.05, 0) is 86.4 Å². The zero-order valence-corrected chi connectivity index (χ0v) is 19.7. The van der Waals surface area contributed by atoms with Crippen LogP contribution in [0.2, 0.25) is 18.1 Å². The Morgan fingerprint density at radius 2 is 1.62 bits per heavy atom. The number of hydrogen-bond donors (Lipinski definition) is 0. The summed E-state index contributed by atoms with van der Waals surface area (Å²) in [5, 5.41) is 0.140. The van der Waals surface area contributed by atoms with Crippen LogP contribution in [-0.4, -0.2) is 26.9 Å². The Labute approximate surface area is 176 Å². The van der Waals surface area contributed by atoms with Gasteiger partial charge in [0.2, 0.25) is 8.32 Å². The average molecular weight is 412 g/mol. The number of amides is 1. The molecule has 1 amide bonds. The van der Waals surface area contributed by atoms with E-state index in [0.717, 1.165) is 34.7 Å². The molecule has 1 heterocycles. The molecule has 0 aliphatic carbocycles. The van der Waals surface area contributed by atoms with E-state index >= 15 is 0 Å². The molecule has 0 bridgehead atoms. The topological polar surface area (TPSA) is 38.8 Å². The third-order valence-corrected chi connectivity index (χ3v) is 10.2. The predicted octanol–water partition coefficient (Wildman–Crippen LogP) is 6.06. The first kappa shape index (κ1) is 21.4. The monoisotopic (exact) mass is 411 g/mol. The minimum Gasteiger partial charge on any atom is -0.543 e. The second-order valence-corrected chi connectivity index (χ2v) is 14.3. The summed E-state index contributed by atoms with van der Waals surface area (Å²) in [6.45, 7) is 15.9. The van der Waals surface area contributed by atoms with Crippen molar-refractivity contribution >= 4 is 19.9 Å². The second kappa shape index (κ2) is 7.86. The first-order valence-electron chi connectivity index (χ1n) is 10.4. The number of anilines is 1. The standard InChI is InChI=1S/C24H33NO3Si/c1-17(2)27-20-10-8-19(9-11-20)25-15-14-18-16-21(12-13-22(18)23(25)26)28-29(6,7)24(3,4)5/h8-13,16-17H,14-15H2,1-7H3. The van der Waals surface area contributed by atoms with Gasteiger partial charge < -0.3 is 14.1 Å².